The van der Waals surface area contributed by atoms with Gasteiger partial charge in [0, 0.05) is 81.8 Å². The normalized spacial score (nSPS) is 14.9. The molecule has 6 rings (SSSR count). The standard InChI is InChI=1S/C27H27FN8O/c1-33-17-22(15-31-33)20-5-8-24-25(16-32-36(24)18-20)34-9-11-35(12-10-34)27-29-13-21(14-30-27)26(37-2)19-3-6-23(28)7-4-19/h3-8,13-18,26H,9-12H2,1-2H3. The molecule has 0 saturated carbocycles. The van der Waals surface area contributed by atoms with Crippen LogP contribution in [0.4, 0.5) is 16.0 Å². The number of methoxy groups -OCH3 is 1. The zero-order valence-electron chi connectivity index (χ0n) is 20.7. The monoisotopic (exact) mass is 498 g/mol. The summed E-state index contributed by atoms with van der Waals surface area (Å²) >= 11 is 0. The first-order valence-electron chi connectivity index (χ1n) is 12.2. The van der Waals surface area contributed by atoms with Crippen LogP contribution < -0.4 is 9.80 Å². The van der Waals surface area contributed by atoms with Crippen LogP contribution in [0.2, 0.25) is 0 Å². The van der Waals surface area contributed by atoms with Crippen LogP contribution in [0.25, 0.3) is 16.6 Å². The SMILES string of the molecule is COC(c1ccc(F)cc1)c1cnc(N2CCN(c3cnn4cc(-c5cnn(C)c5)ccc34)CC2)nc1. The minimum absolute atomic E-state index is 0.275. The maximum atomic E-state index is 13.3. The molecule has 5 aromatic rings. The van der Waals surface area contributed by atoms with E-state index in [1.54, 1.807) is 36.3 Å². The molecule has 9 nitrogen and oxygen atoms in total. The molecule has 0 N–H and O–H groups in total. The molecule has 10 heteroatoms. The summed E-state index contributed by atoms with van der Waals surface area (Å²) < 4.78 is 22.7. The average Bonchev–Trinajstić information content (AvgIpc) is 3.56. The van der Waals surface area contributed by atoms with E-state index in [-0.39, 0.29) is 11.9 Å². The van der Waals surface area contributed by atoms with Crippen molar-refractivity contribution in [3.8, 4) is 11.1 Å². The molecule has 0 radical (unpaired) electrons. The lowest BCUT2D eigenvalue weighted by molar-refractivity contribution is 0.136. The summed E-state index contributed by atoms with van der Waals surface area (Å²) in [5.74, 6) is 0.418. The van der Waals surface area contributed by atoms with Crippen LogP contribution in [-0.4, -0.2) is 62.7 Å². The molecule has 5 heterocycles. The molecule has 1 atom stereocenters. The lowest BCUT2D eigenvalue weighted by atomic mass is 10.0. The van der Waals surface area contributed by atoms with E-state index in [4.69, 9.17) is 4.74 Å². The van der Waals surface area contributed by atoms with E-state index in [0.29, 0.717) is 5.95 Å². The second-order valence-electron chi connectivity index (χ2n) is 9.14. The van der Waals surface area contributed by atoms with Gasteiger partial charge in [-0.2, -0.15) is 10.2 Å². The van der Waals surface area contributed by atoms with Crippen molar-refractivity contribution in [2.24, 2.45) is 7.05 Å². The van der Waals surface area contributed by atoms with Crippen molar-refractivity contribution in [3.05, 3.63) is 90.5 Å². The summed E-state index contributed by atoms with van der Waals surface area (Å²) in [6.07, 6.45) is 11.1. The fourth-order valence-corrected chi connectivity index (χ4v) is 4.83. The van der Waals surface area contributed by atoms with Gasteiger partial charge in [0.05, 0.1) is 23.6 Å². The third-order valence-corrected chi connectivity index (χ3v) is 6.81. The van der Waals surface area contributed by atoms with Gasteiger partial charge < -0.3 is 14.5 Å². The molecule has 37 heavy (non-hydrogen) atoms. The first kappa shape index (κ1) is 23.1. The number of piperazine rings is 1. The third-order valence-electron chi connectivity index (χ3n) is 6.81. The summed E-state index contributed by atoms with van der Waals surface area (Å²) in [5, 5.41) is 8.87. The van der Waals surface area contributed by atoms with Gasteiger partial charge in [-0.25, -0.2) is 18.9 Å². The molecular weight excluding hydrogens is 471 g/mol. The van der Waals surface area contributed by atoms with Crippen LogP contribution in [0.5, 0.6) is 0 Å². The molecular formula is C27H27FN8O. The van der Waals surface area contributed by atoms with Gasteiger partial charge >= 0.3 is 0 Å². The van der Waals surface area contributed by atoms with Crippen molar-refractivity contribution >= 4 is 17.2 Å². The highest BCUT2D eigenvalue weighted by atomic mass is 19.1. The van der Waals surface area contributed by atoms with Gasteiger partial charge in [-0.15, -0.1) is 0 Å². The highest BCUT2D eigenvalue weighted by Gasteiger charge is 2.22. The van der Waals surface area contributed by atoms with E-state index in [2.05, 4.69) is 42.1 Å². The quantitative estimate of drug-likeness (QED) is 0.353. The largest absolute Gasteiger partial charge is 0.372 e. The van der Waals surface area contributed by atoms with Crippen LogP contribution in [0.3, 0.4) is 0 Å². The number of anilines is 2. The van der Waals surface area contributed by atoms with Crippen molar-refractivity contribution in [2.75, 3.05) is 43.1 Å². The van der Waals surface area contributed by atoms with Crippen molar-refractivity contribution in [3.63, 3.8) is 0 Å². The fraction of sp³-hybridized carbons (Fsp3) is 0.259. The van der Waals surface area contributed by atoms with Crippen LogP contribution in [0, 0.1) is 5.82 Å². The predicted octanol–water partition coefficient (Wildman–Crippen LogP) is 3.73. The zero-order chi connectivity index (χ0) is 25.4. The Labute approximate surface area is 213 Å². The maximum absolute atomic E-state index is 13.3. The van der Waals surface area contributed by atoms with Crippen molar-refractivity contribution in [2.45, 2.75) is 6.10 Å². The number of benzene rings is 1. The molecule has 188 valence electrons. The number of aromatic nitrogens is 6. The van der Waals surface area contributed by atoms with Gasteiger partial charge in [0.1, 0.15) is 11.9 Å². The van der Waals surface area contributed by atoms with Crippen LogP contribution in [-0.2, 0) is 11.8 Å². The van der Waals surface area contributed by atoms with E-state index < -0.39 is 0 Å². The van der Waals surface area contributed by atoms with Crippen LogP contribution in [0.15, 0.2) is 73.6 Å². The summed E-state index contributed by atoms with van der Waals surface area (Å²) in [4.78, 5) is 13.8. The molecule has 0 amide bonds. The molecule has 0 spiro atoms. The molecule has 1 aliphatic heterocycles. The molecule has 1 unspecified atom stereocenters. The Morgan fingerprint density at radius 2 is 1.51 bits per heavy atom. The Kier molecular flexibility index (Phi) is 6.01. The van der Waals surface area contributed by atoms with Crippen molar-refractivity contribution < 1.29 is 9.13 Å². The Morgan fingerprint density at radius 3 is 2.19 bits per heavy atom. The summed E-state index contributed by atoms with van der Waals surface area (Å²) in [6.45, 7) is 3.28. The van der Waals surface area contributed by atoms with Crippen molar-refractivity contribution in [1.82, 2.24) is 29.4 Å². The van der Waals surface area contributed by atoms with Gasteiger partial charge in [0.25, 0.3) is 0 Å². The Morgan fingerprint density at radius 1 is 0.784 bits per heavy atom. The molecule has 1 aliphatic rings. The number of aryl methyl sites for hydroxylation is 1. The third kappa shape index (κ3) is 4.51. The summed E-state index contributed by atoms with van der Waals surface area (Å²) in [5.41, 5.74) is 6.03. The number of hydrogen-bond donors (Lipinski definition) is 0. The maximum Gasteiger partial charge on any atom is 0.225 e. The van der Waals surface area contributed by atoms with Gasteiger partial charge in [-0.3, -0.25) is 4.68 Å². The lowest BCUT2D eigenvalue weighted by Gasteiger charge is -2.35. The van der Waals surface area contributed by atoms with Gasteiger partial charge in [0.2, 0.25) is 5.95 Å². The number of rotatable bonds is 6. The predicted molar refractivity (Wildman–Crippen MR) is 139 cm³/mol. The number of nitrogens with zero attached hydrogens (tertiary/aromatic N) is 8. The number of fused-ring (bicyclic) bond motifs is 1. The topological polar surface area (TPSA) is 76.6 Å². The molecule has 0 bridgehead atoms. The van der Waals surface area contributed by atoms with Gasteiger partial charge in [0.15, 0.2) is 0 Å². The second kappa shape index (κ2) is 9.62. The number of hydrogen-bond acceptors (Lipinski definition) is 7. The van der Waals surface area contributed by atoms with Crippen LogP contribution >= 0.6 is 0 Å². The smallest absolute Gasteiger partial charge is 0.225 e. The van der Waals surface area contributed by atoms with E-state index in [1.165, 1.54) is 12.1 Å². The molecule has 4 aromatic heterocycles. The molecule has 0 aliphatic carbocycles. The molecule has 1 fully saturated rings. The minimum Gasteiger partial charge on any atom is -0.372 e. The van der Waals surface area contributed by atoms with Crippen LogP contribution in [0.1, 0.15) is 17.2 Å². The number of halogens is 1. The first-order chi connectivity index (χ1) is 18.1. The van der Waals surface area contributed by atoms with E-state index in [0.717, 1.165) is 59.6 Å². The molecule has 1 saturated heterocycles. The number of pyridine rings is 1. The van der Waals surface area contributed by atoms with E-state index in [9.17, 15) is 4.39 Å². The van der Waals surface area contributed by atoms with E-state index in [1.807, 2.05) is 36.4 Å². The Balaban J connectivity index is 1.13. The summed E-state index contributed by atoms with van der Waals surface area (Å²) in [7, 11) is 3.54. The Bertz CT molecular complexity index is 1500. The van der Waals surface area contributed by atoms with Gasteiger partial charge in [-0.1, -0.05) is 18.2 Å². The second-order valence-corrected chi connectivity index (χ2v) is 9.14. The highest BCUT2D eigenvalue weighted by Crippen LogP contribution is 2.28. The fourth-order valence-electron chi connectivity index (χ4n) is 4.83. The van der Waals surface area contributed by atoms with Gasteiger partial charge in [-0.05, 0) is 23.8 Å². The van der Waals surface area contributed by atoms with E-state index >= 15 is 0 Å². The zero-order valence-corrected chi connectivity index (χ0v) is 20.7. The average molecular weight is 499 g/mol. The van der Waals surface area contributed by atoms with Crippen molar-refractivity contribution in [1.29, 1.82) is 0 Å². The lowest BCUT2D eigenvalue weighted by Crippen LogP contribution is -2.47. The minimum atomic E-state index is -0.346. The summed E-state index contributed by atoms with van der Waals surface area (Å²) in [6, 6.07) is 10.5. The highest BCUT2D eigenvalue weighted by molar-refractivity contribution is 5.75. The first-order valence-corrected chi connectivity index (χ1v) is 12.2. The Hall–Kier alpha value is -4.31. The number of ether oxygens (including phenoxy) is 1. The molecule has 1 aromatic carbocycles.